The van der Waals surface area contributed by atoms with Crippen molar-refractivity contribution >= 4 is 35.2 Å². The van der Waals surface area contributed by atoms with Crippen molar-refractivity contribution in [1.29, 1.82) is 0 Å². The number of carbonyl (C=O) groups is 3. The zero-order valence-corrected chi connectivity index (χ0v) is 10.9. The Morgan fingerprint density at radius 1 is 1.26 bits per heavy atom. The fraction of sp³-hybridized carbons (Fsp3) is 0.250. The minimum Gasteiger partial charge on any atom is -0.481 e. The lowest BCUT2D eigenvalue weighted by Gasteiger charge is -2.08. The number of benzene rings is 1. The van der Waals surface area contributed by atoms with Crippen LogP contribution in [0.2, 0.25) is 0 Å². The number of para-hydroxylation sites is 1. The molecule has 0 radical (unpaired) electrons. The third-order valence-electron chi connectivity index (χ3n) is 2.16. The number of thioether (sulfide) groups is 1. The third kappa shape index (κ3) is 5.43. The van der Waals surface area contributed by atoms with E-state index in [2.05, 4.69) is 5.32 Å². The number of nitrogens with one attached hydrogen (secondary N) is 1. The molecule has 102 valence electrons. The molecule has 1 rings (SSSR count). The highest BCUT2D eigenvalue weighted by Gasteiger charge is 2.10. The van der Waals surface area contributed by atoms with Crippen LogP contribution in [0.3, 0.4) is 0 Å². The molecule has 4 N–H and O–H groups in total. The van der Waals surface area contributed by atoms with Crippen LogP contribution >= 0.6 is 11.8 Å². The number of anilines is 1. The summed E-state index contributed by atoms with van der Waals surface area (Å²) >= 11 is 1.21. The summed E-state index contributed by atoms with van der Waals surface area (Å²) in [5.41, 5.74) is 5.79. The minimum absolute atomic E-state index is 0.00974. The van der Waals surface area contributed by atoms with Gasteiger partial charge in [0.15, 0.2) is 0 Å². The molecule has 0 saturated carbocycles. The number of hydrogen-bond donors (Lipinski definition) is 3. The number of amides is 2. The number of carboxylic acids is 1. The van der Waals surface area contributed by atoms with Gasteiger partial charge in [0.1, 0.15) is 0 Å². The smallest absolute Gasteiger partial charge is 0.304 e. The summed E-state index contributed by atoms with van der Waals surface area (Å²) in [6.45, 7) is 0. The van der Waals surface area contributed by atoms with Crippen LogP contribution in [0.4, 0.5) is 5.69 Å². The molecule has 0 aliphatic rings. The Kier molecular flexibility index (Phi) is 5.87. The molecule has 0 unspecified atom stereocenters. The molecule has 1 aromatic carbocycles. The predicted molar refractivity (Wildman–Crippen MR) is 73.2 cm³/mol. The molecule has 19 heavy (non-hydrogen) atoms. The number of primary amides is 1. The number of nitrogens with two attached hydrogens (primary N) is 1. The van der Waals surface area contributed by atoms with Crippen molar-refractivity contribution in [3.05, 3.63) is 29.8 Å². The van der Waals surface area contributed by atoms with E-state index in [1.54, 1.807) is 18.2 Å². The van der Waals surface area contributed by atoms with Crippen molar-refractivity contribution in [2.24, 2.45) is 5.73 Å². The van der Waals surface area contributed by atoms with Gasteiger partial charge in [-0.15, -0.1) is 0 Å². The van der Waals surface area contributed by atoms with Crippen LogP contribution in [-0.4, -0.2) is 34.4 Å². The van der Waals surface area contributed by atoms with Gasteiger partial charge in [0.05, 0.1) is 23.4 Å². The summed E-state index contributed by atoms with van der Waals surface area (Å²) in [7, 11) is 0. The quantitative estimate of drug-likeness (QED) is 0.644. The van der Waals surface area contributed by atoms with Crippen LogP contribution in [0.25, 0.3) is 0 Å². The number of carbonyl (C=O) groups excluding carboxylic acids is 2. The molecule has 0 fully saturated rings. The van der Waals surface area contributed by atoms with Crippen molar-refractivity contribution in [1.82, 2.24) is 0 Å². The second-order valence-corrected chi connectivity index (χ2v) is 4.76. The highest BCUT2D eigenvalue weighted by atomic mass is 32.2. The van der Waals surface area contributed by atoms with Gasteiger partial charge in [-0.2, -0.15) is 11.8 Å². The van der Waals surface area contributed by atoms with Gasteiger partial charge in [0.25, 0.3) is 5.91 Å². The van der Waals surface area contributed by atoms with E-state index in [0.29, 0.717) is 11.4 Å². The number of aliphatic carboxylic acids is 1. The molecule has 0 heterocycles. The molecular formula is C12H14N2O4S. The number of hydrogen-bond acceptors (Lipinski definition) is 4. The van der Waals surface area contributed by atoms with Crippen molar-refractivity contribution < 1.29 is 19.5 Å². The van der Waals surface area contributed by atoms with E-state index in [9.17, 15) is 14.4 Å². The molecule has 0 saturated heterocycles. The van der Waals surface area contributed by atoms with Gasteiger partial charge in [-0.05, 0) is 12.1 Å². The first-order valence-corrected chi connectivity index (χ1v) is 6.64. The van der Waals surface area contributed by atoms with E-state index in [1.807, 2.05) is 0 Å². The van der Waals surface area contributed by atoms with E-state index in [1.165, 1.54) is 17.8 Å². The fourth-order valence-corrected chi connectivity index (χ4v) is 2.04. The predicted octanol–water partition coefficient (Wildman–Crippen LogP) is 0.932. The molecule has 7 heteroatoms. The first kappa shape index (κ1) is 15.0. The van der Waals surface area contributed by atoms with Crippen LogP contribution in [0.1, 0.15) is 16.8 Å². The summed E-state index contributed by atoms with van der Waals surface area (Å²) in [5, 5.41) is 11.0. The molecular weight excluding hydrogens is 268 g/mol. The summed E-state index contributed by atoms with van der Waals surface area (Å²) in [6.07, 6.45) is 0.00974. The Morgan fingerprint density at radius 3 is 2.58 bits per heavy atom. The van der Waals surface area contributed by atoms with E-state index in [4.69, 9.17) is 10.8 Å². The summed E-state index contributed by atoms with van der Waals surface area (Å²) in [6, 6.07) is 6.44. The highest BCUT2D eigenvalue weighted by molar-refractivity contribution is 7.99. The molecule has 0 aliphatic carbocycles. The van der Waals surface area contributed by atoms with Crippen LogP contribution < -0.4 is 11.1 Å². The largest absolute Gasteiger partial charge is 0.481 e. The Morgan fingerprint density at radius 2 is 1.95 bits per heavy atom. The molecule has 2 amide bonds. The second kappa shape index (κ2) is 7.42. The summed E-state index contributed by atoms with van der Waals surface area (Å²) < 4.78 is 0. The number of rotatable bonds is 7. The topological polar surface area (TPSA) is 109 Å². The maximum absolute atomic E-state index is 11.6. The maximum atomic E-state index is 11.6. The molecule has 0 atom stereocenters. The van der Waals surface area contributed by atoms with Gasteiger partial charge in [0, 0.05) is 5.75 Å². The van der Waals surface area contributed by atoms with Crippen LogP contribution in [-0.2, 0) is 9.59 Å². The lowest BCUT2D eigenvalue weighted by atomic mass is 10.1. The van der Waals surface area contributed by atoms with E-state index in [0.717, 1.165) is 0 Å². The van der Waals surface area contributed by atoms with Crippen molar-refractivity contribution in [3.8, 4) is 0 Å². The zero-order valence-electron chi connectivity index (χ0n) is 10.1. The van der Waals surface area contributed by atoms with Crippen LogP contribution in [0.5, 0.6) is 0 Å². The molecule has 6 nitrogen and oxygen atoms in total. The molecule has 0 aromatic heterocycles. The molecule has 0 aliphatic heterocycles. The monoisotopic (exact) mass is 282 g/mol. The SMILES string of the molecule is NC(=O)c1ccccc1NC(=O)CSCCC(=O)O. The third-order valence-corrected chi connectivity index (χ3v) is 3.12. The summed E-state index contributed by atoms with van der Waals surface area (Å²) in [5.74, 6) is -1.33. The lowest BCUT2D eigenvalue weighted by molar-refractivity contribution is -0.136. The Labute approximate surface area is 114 Å². The van der Waals surface area contributed by atoms with Gasteiger partial charge < -0.3 is 16.2 Å². The van der Waals surface area contributed by atoms with Gasteiger partial charge in [-0.3, -0.25) is 14.4 Å². The van der Waals surface area contributed by atoms with Gasteiger partial charge in [-0.1, -0.05) is 12.1 Å². The van der Waals surface area contributed by atoms with Crippen molar-refractivity contribution in [3.63, 3.8) is 0 Å². The van der Waals surface area contributed by atoms with Crippen molar-refractivity contribution in [2.45, 2.75) is 6.42 Å². The standard InChI is InChI=1S/C12H14N2O4S/c13-12(18)8-3-1-2-4-9(8)14-10(15)7-19-6-5-11(16)17/h1-4H,5-7H2,(H2,13,18)(H,14,15)(H,16,17). The highest BCUT2D eigenvalue weighted by Crippen LogP contribution is 2.14. The van der Waals surface area contributed by atoms with E-state index < -0.39 is 11.9 Å². The fourth-order valence-electron chi connectivity index (χ4n) is 1.32. The Bertz CT molecular complexity index is 490. The first-order valence-electron chi connectivity index (χ1n) is 5.49. The lowest BCUT2D eigenvalue weighted by Crippen LogP contribution is -2.19. The zero-order chi connectivity index (χ0) is 14.3. The van der Waals surface area contributed by atoms with Gasteiger partial charge in [-0.25, -0.2) is 0 Å². The molecule has 0 bridgehead atoms. The Hall–Kier alpha value is -2.02. The number of carboxylic acid groups (broad SMARTS) is 1. The van der Waals surface area contributed by atoms with E-state index >= 15 is 0 Å². The van der Waals surface area contributed by atoms with Gasteiger partial charge in [0.2, 0.25) is 5.91 Å². The normalized spacial score (nSPS) is 9.89. The average molecular weight is 282 g/mol. The maximum Gasteiger partial charge on any atom is 0.304 e. The molecule has 0 spiro atoms. The average Bonchev–Trinajstić information content (AvgIpc) is 2.35. The van der Waals surface area contributed by atoms with Crippen LogP contribution in [0, 0.1) is 0 Å². The first-order chi connectivity index (χ1) is 9.00. The van der Waals surface area contributed by atoms with E-state index in [-0.39, 0.29) is 23.6 Å². The summed E-state index contributed by atoms with van der Waals surface area (Å²) in [4.78, 5) is 33.0. The van der Waals surface area contributed by atoms with Crippen molar-refractivity contribution in [2.75, 3.05) is 16.8 Å². The van der Waals surface area contributed by atoms with Gasteiger partial charge >= 0.3 is 5.97 Å². The second-order valence-electron chi connectivity index (χ2n) is 3.65. The minimum atomic E-state index is -0.896. The van der Waals surface area contributed by atoms with Crippen LogP contribution in [0.15, 0.2) is 24.3 Å². The molecule has 1 aromatic rings. The Balaban J connectivity index is 2.48.